The number of nitro benzene ring substituents is 1. The zero-order chi connectivity index (χ0) is 15.5. The van der Waals surface area contributed by atoms with Gasteiger partial charge in [0.25, 0.3) is 5.69 Å². The Kier molecular flexibility index (Phi) is 4.53. The molecule has 0 heterocycles. The van der Waals surface area contributed by atoms with Crippen molar-refractivity contribution in [2.24, 2.45) is 11.7 Å². The average Bonchev–Trinajstić information content (AvgIpc) is 2.26. The number of alkyl halides is 3. The number of benzene rings is 1. The Labute approximate surface area is 112 Å². The van der Waals surface area contributed by atoms with Crippen LogP contribution in [0.5, 0.6) is 5.75 Å². The molecule has 1 rings (SSSR count). The molecule has 0 saturated carbocycles. The van der Waals surface area contributed by atoms with Crippen molar-refractivity contribution in [2.45, 2.75) is 13.1 Å². The SMILES string of the molecule is Cc1cc(OCC(C(=N)N)C(F)(F)F)ccc1[N+](=O)[O-]. The number of rotatable bonds is 5. The van der Waals surface area contributed by atoms with E-state index in [0.717, 1.165) is 6.07 Å². The zero-order valence-corrected chi connectivity index (χ0v) is 10.4. The maximum Gasteiger partial charge on any atom is 0.401 e. The molecular weight excluding hydrogens is 279 g/mol. The lowest BCUT2D eigenvalue weighted by Gasteiger charge is -2.19. The number of halogens is 3. The number of nitrogens with two attached hydrogens (primary N) is 1. The molecular formula is C11H12F3N3O3. The summed E-state index contributed by atoms with van der Waals surface area (Å²) in [4.78, 5) is 9.99. The first-order valence-corrected chi connectivity index (χ1v) is 5.41. The van der Waals surface area contributed by atoms with Crippen molar-refractivity contribution < 1.29 is 22.8 Å². The van der Waals surface area contributed by atoms with Gasteiger partial charge in [0.2, 0.25) is 0 Å². The van der Waals surface area contributed by atoms with Gasteiger partial charge in [-0.15, -0.1) is 0 Å². The minimum absolute atomic E-state index is 0.0450. The van der Waals surface area contributed by atoms with Crippen LogP contribution in [0.25, 0.3) is 0 Å². The molecule has 0 bridgehead atoms. The molecule has 1 unspecified atom stereocenters. The summed E-state index contributed by atoms with van der Waals surface area (Å²) < 4.78 is 42.5. The second kappa shape index (κ2) is 5.76. The molecule has 1 atom stereocenters. The van der Waals surface area contributed by atoms with E-state index < -0.39 is 29.5 Å². The van der Waals surface area contributed by atoms with E-state index in [-0.39, 0.29) is 17.0 Å². The van der Waals surface area contributed by atoms with Gasteiger partial charge in [-0.2, -0.15) is 13.2 Å². The van der Waals surface area contributed by atoms with Crippen LogP contribution in [0.3, 0.4) is 0 Å². The fourth-order valence-corrected chi connectivity index (χ4v) is 1.46. The quantitative estimate of drug-likeness (QED) is 0.376. The predicted octanol–water partition coefficient (Wildman–Crippen LogP) is 2.40. The summed E-state index contributed by atoms with van der Waals surface area (Å²) in [5.41, 5.74) is 4.98. The van der Waals surface area contributed by atoms with Gasteiger partial charge in [0.1, 0.15) is 24.1 Å². The molecule has 9 heteroatoms. The minimum atomic E-state index is -4.68. The third kappa shape index (κ3) is 3.84. The van der Waals surface area contributed by atoms with Crippen molar-refractivity contribution in [1.82, 2.24) is 0 Å². The van der Waals surface area contributed by atoms with Crippen molar-refractivity contribution in [2.75, 3.05) is 6.61 Å². The van der Waals surface area contributed by atoms with Crippen molar-refractivity contribution in [3.63, 3.8) is 0 Å². The topological polar surface area (TPSA) is 102 Å². The van der Waals surface area contributed by atoms with Gasteiger partial charge < -0.3 is 10.5 Å². The molecule has 110 valence electrons. The predicted molar refractivity (Wildman–Crippen MR) is 64.8 cm³/mol. The van der Waals surface area contributed by atoms with Crippen LogP contribution in [0, 0.1) is 28.4 Å². The molecule has 0 aliphatic heterocycles. The number of aryl methyl sites for hydroxylation is 1. The van der Waals surface area contributed by atoms with Crippen LogP contribution in [-0.2, 0) is 0 Å². The largest absolute Gasteiger partial charge is 0.492 e. The van der Waals surface area contributed by atoms with E-state index in [1.165, 1.54) is 19.1 Å². The molecule has 0 aromatic heterocycles. The average molecular weight is 291 g/mol. The molecule has 0 radical (unpaired) electrons. The molecule has 1 aromatic rings. The summed E-state index contributed by atoms with van der Waals surface area (Å²) in [6.45, 7) is 0.591. The number of nitrogens with zero attached hydrogens (tertiary/aromatic N) is 1. The highest BCUT2D eigenvalue weighted by atomic mass is 19.4. The fraction of sp³-hybridized carbons (Fsp3) is 0.364. The van der Waals surface area contributed by atoms with Crippen molar-refractivity contribution in [3.05, 3.63) is 33.9 Å². The summed E-state index contributed by atoms with van der Waals surface area (Å²) in [5, 5.41) is 17.5. The highest BCUT2D eigenvalue weighted by Crippen LogP contribution is 2.28. The summed E-state index contributed by atoms with van der Waals surface area (Å²) in [7, 11) is 0. The number of hydrogen-bond acceptors (Lipinski definition) is 4. The van der Waals surface area contributed by atoms with Crippen molar-refractivity contribution in [3.8, 4) is 5.75 Å². The highest BCUT2D eigenvalue weighted by molar-refractivity contribution is 5.80. The van der Waals surface area contributed by atoms with Crippen LogP contribution in [0.2, 0.25) is 0 Å². The van der Waals surface area contributed by atoms with E-state index in [0.29, 0.717) is 0 Å². The molecule has 0 saturated heterocycles. The third-order valence-corrected chi connectivity index (χ3v) is 2.55. The van der Waals surface area contributed by atoms with E-state index in [1.54, 1.807) is 0 Å². The lowest BCUT2D eigenvalue weighted by Crippen LogP contribution is -2.39. The Bertz CT molecular complexity index is 531. The lowest BCUT2D eigenvalue weighted by atomic mass is 10.1. The highest BCUT2D eigenvalue weighted by Gasteiger charge is 2.42. The van der Waals surface area contributed by atoms with Gasteiger partial charge >= 0.3 is 6.18 Å². The van der Waals surface area contributed by atoms with Crippen LogP contribution in [0.4, 0.5) is 18.9 Å². The summed E-state index contributed by atoms with van der Waals surface area (Å²) in [5.74, 6) is -3.21. The Hall–Kier alpha value is -2.32. The Morgan fingerprint density at radius 2 is 2.15 bits per heavy atom. The van der Waals surface area contributed by atoms with Crippen LogP contribution < -0.4 is 10.5 Å². The maximum atomic E-state index is 12.5. The van der Waals surface area contributed by atoms with Crippen molar-refractivity contribution in [1.29, 1.82) is 5.41 Å². The fourth-order valence-electron chi connectivity index (χ4n) is 1.46. The molecule has 1 aromatic carbocycles. The Morgan fingerprint density at radius 1 is 1.55 bits per heavy atom. The van der Waals surface area contributed by atoms with Gasteiger partial charge in [0, 0.05) is 11.6 Å². The molecule has 0 amide bonds. The smallest absolute Gasteiger partial charge is 0.401 e. The van der Waals surface area contributed by atoms with Gasteiger partial charge in [-0.25, -0.2) is 0 Å². The second-order valence-corrected chi connectivity index (χ2v) is 4.07. The van der Waals surface area contributed by atoms with Gasteiger partial charge in [-0.1, -0.05) is 0 Å². The Morgan fingerprint density at radius 3 is 2.55 bits per heavy atom. The first-order valence-electron chi connectivity index (χ1n) is 5.41. The van der Waals surface area contributed by atoms with Gasteiger partial charge in [-0.05, 0) is 19.1 Å². The number of ether oxygens (including phenoxy) is 1. The second-order valence-electron chi connectivity index (χ2n) is 4.07. The minimum Gasteiger partial charge on any atom is -0.492 e. The van der Waals surface area contributed by atoms with E-state index in [4.69, 9.17) is 15.9 Å². The van der Waals surface area contributed by atoms with E-state index in [2.05, 4.69) is 0 Å². The van der Waals surface area contributed by atoms with E-state index in [9.17, 15) is 23.3 Å². The monoisotopic (exact) mass is 291 g/mol. The first kappa shape index (κ1) is 15.7. The molecule has 0 aliphatic carbocycles. The number of amidine groups is 1. The van der Waals surface area contributed by atoms with E-state index >= 15 is 0 Å². The summed E-state index contributed by atoms with van der Waals surface area (Å²) >= 11 is 0. The molecule has 20 heavy (non-hydrogen) atoms. The number of nitro groups is 1. The lowest BCUT2D eigenvalue weighted by molar-refractivity contribution is -0.385. The number of nitrogens with one attached hydrogen (secondary N) is 1. The van der Waals surface area contributed by atoms with Crippen LogP contribution >= 0.6 is 0 Å². The van der Waals surface area contributed by atoms with E-state index in [1.807, 2.05) is 0 Å². The zero-order valence-electron chi connectivity index (χ0n) is 10.4. The molecule has 3 N–H and O–H groups in total. The van der Waals surface area contributed by atoms with Crippen LogP contribution in [0.1, 0.15) is 5.56 Å². The van der Waals surface area contributed by atoms with Gasteiger partial charge in [0.15, 0.2) is 0 Å². The summed E-state index contributed by atoms with van der Waals surface area (Å²) in [6, 6.07) is 3.59. The first-order chi connectivity index (χ1) is 9.12. The third-order valence-electron chi connectivity index (χ3n) is 2.55. The van der Waals surface area contributed by atoms with Gasteiger partial charge in [-0.3, -0.25) is 15.5 Å². The van der Waals surface area contributed by atoms with Crippen LogP contribution in [-0.4, -0.2) is 23.5 Å². The molecule has 6 nitrogen and oxygen atoms in total. The normalized spacial score (nSPS) is 12.8. The molecule has 0 aliphatic rings. The standard InChI is InChI=1S/C11H12F3N3O3/c1-6-4-7(2-3-9(6)17(18)19)20-5-8(10(15)16)11(12,13)14/h2-4,8H,5H2,1H3,(H3,15,16). The molecule has 0 spiro atoms. The van der Waals surface area contributed by atoms with Crippen LogP contribution in [0.15, 0.2) is 18.2 Å². The van der Waals surface area contributed by atoms with Gasteiger partial charge in [0.05, 0.1) is 4.92 Å². The summed E-state index contributed by atoms with van der Waals surface area (Å²) in [6.07, 6.45) is -4.68. The van der Waals surface area contributed by atoms with Crippen molar-refractivity contribution >= 4 is 11.5 Å². The number of hydrogen-bond donors (Lipinski definition) is 2. The Balaban J connectivity index is 2.82. The molecule has 0 fully saturated rings. The maximum absolute atomic E-state index is 12.5.